The quantitative estimate of drug-likeness (QED) is 0.639. The van der Waals surface area contributed by atoms with Gasteiger partial charge < -0.3 is 20.1 Å². The Morgan fingerprint density at radius 2 is 1.90 bits per heavy atom. The monoisotopic (exact) mass is 424 g/mol. The summed E-state index contributed by atoms with van der Waals surface area (Å²) in [4.78, 5) is 26.9. The average Bonchev–Trinajstić information content (AvgIpc) is 3.07. The van der Waals surface area contributed by atoms with E-state index in [1.165, 1.54) is 4.90 Å². The number of nitrogens with one attached hydrogen (secondary N) is 1. The molecule has 2 N–H and O–H groups in total. The van der Waals surface area contributed by atoms with Gasteiger partial charge in [0.15, 0.2) is 0 Å². The summed E-state index contributed by atoms with van der Waals surface area (Å²) < 4.78 is 5.93. The highest BCUT2D eigenvalue weighted by Gasteiger charge is 2.31. The molecule has 1 aliphatic heterocycles. The fourth-order valence-corrected chi connectivity index (χ4v) is 3.98. The maximum absolute atomic E-state index is 12.8. The van der Waals surface area contributed by atoms with Crippen molar-refractivity contribution in [3.05, 3.63) is 65.2 Å². The van der Waals surface area contributed by atoms with Crippen molar-refractivity contribution in [3.63, 3.8) is 0 Å². The summed E-state index contributed by atoms with van der Waals surface area (Å²) in [6.07, 6.45) is 2.09. The molecule has 6 nitrogen and oxygen atoms in total. The Bertz CT molecular complexity index is 911. The summed E-state index contributed by atoms with van der Waals surface area (Å²) in [5.74, 6) is -0.388. The predicted molar refractivity (Wildman–Crippen MR) is 120 cm³/mol. The molecule has 2 amide bonds. The number of hydrogen-bond donors (Lipinski definition) is 2. The Hall–Kier alpha value is -2.86. The third-order valence-electron chi connectivity index (χ3n) is 5.57. The number of fused-ring (bicyclic) bond motifs is 1. The second kappa shape index (κ2) is 9.96. The summed E-state index contributed by atoms with van der Waals surface area (Å²) >= 11 is 0. The van der Waals surface area contributed by atoms with Gasteiger partial charge in [-0.15, -0.1) is 0 Å². The van der Waals surface area contributed by atoms with Crippen LogP contribution in [-0.4, -0.2) is 47.1 Å². The molecule has 1 unspecified atom stereocenters. The highest BCUT2D eigenvalue weighted by atomic mass is 16.5. The van der Waals surface area contributed by atoms with Crippen molar-refractivity contribution in [1.82, 2.24) is 10.2 Å². The topological polar surface area (TPSA) is 78.9 Å². The Balaban J connectivity index is 1.65. The minimum absolute atomic E-state index is 0.126. The molecule has 0 aromatic heterocycles. The zero-order valence-electron chi connectivity index (χ0n) is 18.6. The van der Waals surface area contributed by atoms with E-state index in [1.54, 1.807) is 0 Å². The first-order chi connectivity index (χ1) is 14.8. The van der Waals surface area contributed by atoms with Crippen LogP contribution in [0.5, 0.6) is 5.75 Å². The van der Waals surface area contributed by atoms with Crippen molar-refractivity contribution in [2.24, 2.45) is 0 Å². The van der Waals surface area contributed by atoms with Crippen molar-refractivity contribution < 1.29 is 19.4 Å². The van der Waals surface area contributed by atoms with E-state index < -0.39 is 11.8 Å². The lowest BCUT2D eigenvalue weighted by Gasteiger charge is -2.23. The van der Waals surface area contributed by atoms with Crippen molar-refractivity contribution in [1.29, 1.82) is 0 Å². The van der Waals surface area contributed by atoms with Crippen LogP contribution < -0.4 is 10.1 Å². The first-order valence-electron chi connectivity index (χ1n) is 10.9. The Labute approximate surface area is 184 Å². The molecule has 31 heavy (non-hydrogen) atoms. The molecule has 1 heterocycles. The molecule has 0 radical (unpaired) electrons. The smallest absolute Gasteiger partial charge is 0.311 e. The lowest BCUT2D eigenvalue weighted by Crippen LogP contribution is -2.45. The number of carbonyl (C=O) groups excluding carboxylic acids is 2. The number of aliphatic hydroxyl groups is 1. The van der Waals surface area contributed by atoms with Gasteiger partial charge in [0.1, 0.15) is 11.4 Å². The molecule has 2 aromatic rings. The van der Waals surface area contributed by atoms with Crippen LogP contribution in [-0.2, 0) is 22.4 Å². The number of rotatable bonds is 8. The molecular formula is C25H32N2O4. The van der Waals surface area contributed by atoms with E-state index in [-0.39, 0.29) is 24.8 Å². The first kappa shape index (κ1) is 22.8. The summed E-state index contributed by atoms with van der Waals surface area (Å²) in [6, 6.07) is 15.4. The van der Waals surface area contributed by atoms with E-state index in [1.807, 2.05) is 49.4 Å². The lowest BCUT2D eigenvalue weighted by atomic mass is 9.97. The van der Waals surface area contributed by atoms with Gasteiger partial charge >= 0.3 is 11.8 Å². The van der Waals surface area contributed by atoms with Crippen molar-refractivity contribution >= 4 is 11.8 Å². The van der Waals surface area contributed by atoms with Gasteiger partial charge in [-0.25, -0.2) is 0 Å². The molecular weight excluding hydrogens is 392 g/mol. The van der Waals surface area contributed by atoms with Gasteiger partial charge in [-0.2, -0.15) is 0 Å². The number of ether oxygens (including phenoxy) is 1. The number of carbonyl (C=O) groups is 2. The number of nitrogens with zero attached hydrogens (tertiary/aromatic N) is 1. The minimum Gasteiger partial charge on any atom is -0.487 e. The summed E-state index contributed by atoms with van der Waals surface area (Å²) in [7, 11) is 0. The Kier molecular flexibility index (Phi) is 7.33. The van der Waals surface area contributed by atoms with Gasteiger partial charge in [-0.3, -0.25) is 9.59 Å². The van der Waals surface area contributed by atoms with Crippen molar-refractivity contribution in [2.75, 3.05) is 19.7 Å². The third kappa shape index (κ3) is 5.85. The second-order valence-electron chi connectivity index (χ2n) is 8.59. The normalized spacial score (nSPS) is 15.0. The number of benzene rings is 2. The van der Waals surface area contributed by atoms with Crippen LogP contribution in [0.2, 0.25) is 0 Å². The van der Waals surface area contributed by atoms with Crippen LogP contribution in [0.15, 0.2) is 48.5 Å². The van der Waals surface area contributed by atoms with Crippen LogP contribution in [0.3, 0.4) is 0 Å². The molecule has 0 bridgehead atoms. The molecule has 0 fully saturated rings. The molecule has 0 aliphatic carbocycles. The van der Waals surface area contributed by atoms with E-state index >= 15 is 0 Å². The molecule has 3 rings (SSSR count). The molecule has 6 heteroatoms. The molecule has 1 aliphatic rings. The van der Waals surface area contributed by atoms with Crippen LogP contribution in [0, 0.1) is 0 Å². The van der Waals surface area contributed by atoms with Gasteiger partial charge in [0.2, 0.25) is 0 Å². The van der Waals surface area contributed by atoms with Crippen LogP contribution in [0.4, 0.5) is 0 Å². The van der Waals surface area contributed by atoms with Crippen molar-refractivity contribution in [3.8, 4) is 5.75 Å². The van der Waals surface area contributed by atoms with Gasteiger partial charge in [-0.1, -0.05) is 43.3 Å². The zero-order valence-corrected chi connectivity index (χ0v) is 18.6. The van der Waals surface area contributed by atoms with Gasteiger partial charge in [-0.05, 0) is 55.5 Å². The highest BCUT2D eigenvalue weighted by Crippen LogP contribution is 2.36. The highest BCUT2D eigenvalue weighted by molar-refractivity contribution is 6.35. The Morgan fingerprint density at radius 1 is 1.16 bits per heavy atom. The zero-order chi connectivity index (χ0) is 22.4. The number of hydrogen-bond acceptors (Lipinski definition) is 4. The molecule has 0 spiro atoms. The maximum atomic E-state index is 12.8. The van der Waals surface area contributed by atoms with E-state index in [9.17, 15) is 14.7 Å². The number of amides is 2. The maximum Gasteiger partial charge on any atom is 0.311 e. The van der Waals surface area contributed by atoms with Crippen LogP contribution >= 0.6 is 0 Å². The lowest BCUT2D eigenvalue weighted by molar-refractivity contribution is -0.146. The molecule has 2 aromatic carbocycles. The van der Waals surface area contributed by atoms with E-state index in [0.717, 1.165) is 28.9 Å². The summed E-state index contributed by atoms with van der Waals surface area (Å²) in [6.45, 7) is 6.39. The van der Waals surface area contributed by atoms with E-state index in [0.29, 0.717) is 19.4 Å². The van der Waals surface area contributed by atoms with Gasteiger partial charge in [0.05, 0.1) is 12.6 Å². The third-order valence-corrected chi connectivity index (χ3v) is 5.57. The van der Waals surface area contributed by atoms with Crippen LogP contribution in [0.1, 0.15) is 49.9 Å². The molecule has 1 atom stereocenters. The largest absolute Gasteiger partial charge is 0.487 e. The predicted octanol–water partition coefficient (Wildman–Crippen LogP) is 3.03. The summed E-state index contributed by atoms with van der Waals surface area (Å²) in [5.41, 5.74) is 2.92. The second-order valence-corrected chi connectivity index (χ2v) is 8.59. The van der Waals surface area contributed by atoms with Crippen LogP contribution in [0.25, 0.3) is 0 Å². The average molecular weight is 425 g/mol. The van der Waals surface area contributed by atoms with E-state index in [2.05, 4.69) is 25.2 Å². The Morgan fingerprint density at radius 3 is 2.58 bits per heavy atom. The fourth-order valence-electron chi connectivity index (χ4n) is 3.98. The van der Waals surface area contributed by atoms with E-state index in [4.69, 9.17) is 4.74 Å². The molecule has 0 saturated carbocycles. The standard InChI is InChI=1S/C25H32N2O4/c1-4-21(19-10-11-22-20(16-19)17-25(2,3)31-22)26-23(29)24(30)27(14-15-28)13-12-18-8-6-5-7-9-18/h5-11,16,21,28H,4,12-15,17H2,1-3H3,(H,26,29). The first-order valence-corrected chi connectivity index (χ1v) is 10.9. The summed E-state index contributed by atoms with van der Waals surface area (Å²) in [5, 5.41) is 12.2. The minimum atomic E-state index is -0.648. The van der Waals surface area contributed by atoms with Crippen molar-refractivity contribution in [2.45, 2.75) is 51.7 Å². The van der Waals surface area contributed by atoms with Gasteiger partial charge in [0.25, 0.3) is 0 Å². The fraction of sp³-hybridized carbons (Fsp3) is 0.440. The SMILES string of the molecule is CCC(NC(=O)C(=O)N(CCO)CCc1ccccc1)c1ccc2c(c1)CC(C)(C)O2. The number of aliphatic hydroxyl groups excluding tert-OH is 1. The molecule has 0 saturated heterocycles. The molecule has 166 valence electrons. The van der Waals surface area contributed by atoms with Gasteiger partial charge in [0, 0.05) is 19.5 Å².